The molecule has 0 aliphatic carbocycles. The van der Waals surface area contributed by atoms with Gasteiger partial charge in [-0.2, -0.15) is 0 Å². The van der Waals surface area contributed by atoms with Crippen molar-refractivity contribution in [2.45, 2.75) is 52.5 Å². The van der Waals surface area contributed by atoms with E-state index in [0.29, 0.717) is 0 Å². The van der Waals surface area contributed by atoms with Crippen LogP contribution in [-0.4, -0.2) is 25.3 Å². The van der Waals surface area contributed by atoms with E-state index in [1.807, 2.05) is 24.3 Å². The van der Waals surface area contributed by atoms with Crippen LogP contribution in [0.5, 0.6) is 11.5 Å². The highest BCUT2D eigenvalue weighted by molar-refractivity contribution is 5.39. The molecule has 0 amide bonds. The van der Waals surface area contributed by atoms with Crippen LogP contribution in [0.25, 0.3) is 0 Å². The SMILES string of the molecule is CCCOc1ccccc1OCCCCNC(C)(C)C. The molecule has 3 nitrogen and oxygen atoms in total. The molecule has 0 heterocycles. The van der Waals surface area contributed by atoms with Gasteiger partial charge in [0, 0.05) is 5.54 Å². The molecule has 0 bridgehead atoms. The lowest BCUT2D eigenvalue weighted by molar-refractivity contribution is 0.262. The van der Waals surface area contributed by atoms with Crippen LogP contribution in [0, 0.1) is 0 Å². The van der Waals surface area contributed by atoms with Crippen LogP contribution in [0.4, 0.5) is 0 Å². The third-order valence-corrected chi connectivity index (χ3v) is 2.79. The lowest BCUT2D eigenvalue weighted by Crippen LogP contribution is -2.36. The van der Waals surface area contributed by atoms with Crippen molar-refractivity contribution < 1.29 is 9.47 Å². The first kappa shape index (κ1) is 16.8. The summed E-state index contributed by atoms with van der Waals surface area (Å²) in [5.41, 5.74) is 0.196. The van der Waals surface area contributed by atoms with Crippen molar-refractivity contribution in [2.24, 2.45) is 0 Å². The zero-order valence-electron chi connectivity index (χ0n) is 13.4. The highest BCUT2D eigenvalue weighted by Crippen LogP contribution is 2.26. The summed E-state index contributed by atoms with van der Waals surface area (Å²) in [6.45, 7) is 11.2. The third-order valence-electron chi connectivity index (χ3n) is 2.79. The molecule has 1 aromatic carbocycles. The molecule has 0 aliphatic heterocycles. The molecule has 0 saturated heterocycles. The summed E-state index contributed by atoms with van der Waals surface area (Å²) >= 11 is 0. The standard InChI is InChI=1S/C17H29NO2/c1-5-13-19-15-10-6-7-11-16(15)20-14-9-8-12-18-17(2,3)4/h6-7,10-11,18H,5,8-9,12-14H2,1-4H3. The zero-order chi connectivity index (χ0) is 14.8. The van der Waals surface area contributed by atoms with Crippen LogP contribution in [0.1, 0.15) is 47.0 Å². The largest absolute Gasteiger partial charge is 0.490 e. The first-order valence-electron chi connectivity index (χ1n) is 7.62. The lowest BCUT2D eigenvalue weighted by atomic mass is 10.1. The van der Waals surface area contributed by atoms with Gasteiger partial charge in [0.25, 0.3) is 0 Å². The molecule has 20 heavy (non-hydrogen) atoms. The molecule has 1 aromatic rings. The summed E-state index contributed by atoms with van der Waals surface area (Å²) in [5, 5.41) is 3.48. The molecule has 114 valence electrons. The number of ether oxygens (including phenoxy) is 2. The van der Waals surface area contributed by atoms with Gasteiger partial charge in [-0.15, -0.1) is 0 Å². The van der Waals surface area contributed by atoms with E-state index in [9.17, 15) is 0 Å². The number of nitrogens with one attached hydrogen (secondary N) is 1. The van der Waals surface area contributed by atoms with E-state index in [1.165, 1.54) is 0 Å². The van der Waals surface area contributed by atoms with Crippen molar-refractivity contribution >= 4 is 0 Å². The van der Waals surface area contributed by atoms with Crippen molar-refractivity contribution in [1.82, 2.24) is 5.32 Å². The maximum Gasteiger partial charge on any atom is 0.161 e. The highest BCUT2D eigenvalue weighted by Gasteiger charge is 2.07. The molecule has 0 aromatic heterocycles. The van der Waals surface area contributed by atoms with Crippen LogP contribution in [-0.2, 0) is 0 Å². The molecular formula is C17H29NO2. The Morgan fingerprint density at radius 1 is 0.950 bits per heavy atom. The molecule has 0 unspecified atom stereocenters. The molecular weight excluding hydrogens is 250 g/mol. The van der Waals surface area contributed by atoms with Crippen LogP contribution >= 0.6 is 0 Å². The van der Waals surface area contributed by atoms with Gasteiger partial charge >= 0.3 is 0 Å². The minimum absolute atomic E-state index is 0.196. The number of unbranched alkanes of at least 4 members (excludes halogenated alkanes) is 1. The van der Waals surface area contributed by atoms with Crippen molar-refractivity contribution in [1.29, 1.82) is 0 Å². The Bertz CT molecular complexity index is 371. The Morgan fingerprint density at radius 2 is 1.55 bits per heavy atom. The van der Waals surface area contributed by atoms with E-state index in [2.05, 4.69) is 33.0 Å². The predicted octanol–water partition coefficient (Wildman–Crippen LogP) is 4.02. The summed E-state index contributed by atoms with van der Waals surface area (Å²) in [7, 11) is 0. The number of hydrogen-bond donors (Lipinski definition) is 1. The second-order valence-corrected chi connectivity index (χ2v) is 6.03. The third kappa shape index (κ3) is 7.39. The fourth-order valence-corrected chi connectivity index (χ4v) is 1.77. The van der Waals surface area contributed by atoms with E-state index >= 15 is 0 Å². The van der Waals surface area contributed by atoms with Gasteiger partial charge in [-0.1, -0.05) is 19.1 Å². The van der Waals surface area contributed by atoms with E-state index < -0.39 is 0 Å². The van der Waals surface area contributed by atoms with Crippen LogP contribution in [0.15, 0.2) is 24.3 Å². The molecule has 0 spiro atoms. The van der Waals surface area contributed by atoms with Crippen LogP contribution < -0.4 is 14.8 Å². The minimum Gasteiger partial charge on any atom is -0.490 e. The molecule has 0 aliphatic rings. The monoisotopic (exact) mass is 279 g/mol. The average molecular weight is 279 g/mol. The van der Waals surface area contributed by atoms with Gasteiger partial charge in [0.05, 0.1) is 13.2 Å². The summed E-state index contributed by atoms with van der Waals surface area (Å²) in [6.07, 6.45) is 3.17. The first-order valence-corrected chi connectivity index (χ1v) is 7.62. The van der Waals surface area contributed by atoms with Gasteiger partial charge in [-0.25, -0.2) is 0 Å². The Labute approximate surface area is 123 Å². The van der Waals surface area contributed by atoms with Gasteiger partial charge in [0.1, 0.15) is 0 Å². The smallest absolute Gasteiger partial charge is 0.161 e. The molecule has 0 atom stereocenters. The minimum atomic E-state index is 0.196. The maximum atomic E-state index is 5.81. The first-order chi connectivity index (χ1) is 9.53. The fraction of sp³-hybridized carbons (Fsp3) is 0.647. The lowest BCUT2D eigenvalue weighted by Gasteiger charge is -2.20. The Hall–Kier alpha value is -1.22. The molecule has 3 heteroatoms. The van der Waals surface area contributed by atoms with Crippen molar-refractivity contribution in [3.63, 3.8) is 0 Å². The molecule has 0 saturated carbocycles. The van der Waals surface area contributed by atoms with E-state index in [0.717, 1.165) is 50.5 Å². The van der Waals surface area contributed by atoms with Gasteiger partial charge in [-0.3, -0.25) is 0 Å². The average Bonchev–Trinajstić information content (AvgIpc) is 2.40. The van der Waals surface area contributed by atoms with Gasteiger partial charge < -0.3 is 14.8 Å². The van der Waals surface area contributed by atoms with Crippen LogP contribution in [0.2, 0.25) is 0 Å². The summed E-state index contributed by atoms with van der Waals surface area (Å²) < 4.78 is 11.5. The summed E-state index contributed by atoms with van der Waals surface area (Å²) in [4.78, 5) is 0. The number of para-hydroxylation sites is 2. The van der Waals surface area contributed by atoms with Gasteiger partial charge in [-0.05, 0) is 58.7 Å². The van der Waals surface area contributed by atoms with E-state index in [4.69, 9.17) is 9.47 Å². The van der Waals surface area contributed by atoms with Gasteiger partial charge in [0.2, 0.25) is 0 Å². The fourth-order valence-electron chi connectivity index (χ4n) is 1.77. The second-order valence-electron chi connectivity index (χ2n) is 6.03. The van der Waals surface area contributed by atoms with Crippen molar-refractivity contribution in [2.75, 3.05) is 19.8 Å². The summed E-state index contributed by atoms with van der Waals surface area (Å²) in [6, 6.07) is 7.89. The van der Waals surface area contributed by atoms with Crippen molar-refractivity contribution in [3.05, 3.63) is 24.3 Å². The Morgan fingerprint density at radius 3 is 2.10 bits per heavy atom. The van der Waals surface area contributed by atoms with E-state index in [-0.39, 0.29) is 5.54 Å². The quantitative estimate of drug-likeness (QED) is 0.692. The Kier molecular flexibility index (Phi) is 7.45. The summed E-state index contributed by atoms with van der Waals surface area (Å²) in [5.74, 6) is 1.70. The van der Waals surface area contributed by atoms with E-state index in [1.54, 1.807) is 0 Å². The van der Waals surface area contributed by atoms with Crippen LogP contribution in [0.3, 0.4) is 0 Å². The topological polar surface area (TPSA) is 30.5 Å². The maximum absolute atomic E-state index is 5.81. The number of rotatable bonds is 9. The van der Waals surface area contributed by atoms with Crippen molar-refractivity contribution in [3.8, 4) is 11.5 Å². The normalized spacial score (nSPS) is 11.4. The number of benzene rings is 1. The zero-order valence-corrected chi connectivity index (χ0v) is 13.4. The molecule has 1 N–H and O–H groups in total. The number of hydrogen-bond acceptors (Lipinski definition) is 3. The second kappa shape index (κ2) is 8.85. The highest BCUT2D eigenvalue weighted by atomic mass is 16.5. The Balaban J connectivity index is 2.24. The molecule has 0 radical (unpaired) electrons. The van der Waals surface area contributed by atoms with Gasteiger partial charge in [0.15, 0.2) is 11.5 Å². The predicted molar refractivity (Wildman–Crippen MR) is 84.7 cm³/mol. The molecule has 0 fully saturated rings. The molecule has 1 rings (SSSR count).